The van der Waals surface area contributed by atoms with E-state index >= 15 is 0 Å². The molecule has 78 valence electrons. The Morgan fingerprint density at radius 2 is 2.07 bits per heavy atom. The van der Waals surface area contributed by atoms with Crippen LogP contribution in [0, 0.1) is 0 Å². The molecule has 4 heteroatoms. The van der Waals surface area contributed by atoms with Crippen LogP contribution in [-0.2, 0) is 0 Å². The maximum atomic E-state index is 5.47. The lowest BCUT2D eigenvalue weighted by Crippen LogP contribution is -2.29. The number of nitrogens with two attached hydrogens (primary N) is 1. The molecule has 1 atom stereocenters. The number of hydrazine groups is 1. The molecule has 0 saturated carbocycles. The lowest BCUT2D eigenvalue weighted by molar-refractivity contribution is 0.414. The number of hydrogen-bond acceptors (Lipinski definition) is 4. The van der Waals surface area contributed by atoms with Crippen LogP contribution in [0.1, 0.15) is 11.6 Å². The van der Waals surface area contributed by atoms with E-state index < -0.39 is 0 Å². The summed E-state index contributed by atoms with van der Waals surface area (Å²) in [7, 11) is 1.66. The van der Waals surface area contributed by atoms with Crippen LogP contribution in [0.4, 0.5) is 0 Å². The summed E-state index contributed by atoms with van der Waals surface area (Å²) in [4.78, 5) is 0. The second-order valence-electron chi connectivity index (χ2n) is 2.95. The summed E-state index contributed by atoms with van der Waals surface area (Å²) in [5.74, 6) is 7.30. The SMILES string of the molecule is COc1ccc(C(CSC)NN)cc1. The van der Waals surface area contributed by atoms with E-state index in [-0.39, 0.29) is 6.04 Å². The summed E-state index contributed by atoms with van der Waals surface area (Å²) < 4.78 is 5.09. The maximum absolute atomic E-state index is 5.47. The predicted octanol–water partition coefficient (Wildman–Crippen LogP) is 1.56. The van der Waals surface area contributed by atoms with Gasteiger partial charge in [0, 0.05) is 5.75 Å². The van der Waals surface area contributed by atoms with Crippen molar-refractivity contribution in [2.45, 2.75) is 6.04 Å². The van der Waals surface area contributed by atoms with Crippen LogP contribution in [-0.4, -0.2) is 19.1 Å². The third-order valence-corrected chi connectivity index (χ3v) is 2.72. The molecule has 1 unspecified atom stereocenters. The van der Waals surface area contributed by atoms with Gasteiger partial charge in [0.25, 0.3) is 0 Å². The molecule has 3 N–H and O–H groups in total. The Labute approximate surface area is 89.0 Å². The van der Waals surface area contributed by atoms with Crippen molar-refractivity contribution < 1.29 is 4.74 Å². The normalized spacial score (nSPS) is 12.5. The standard InChI is InChI=1S/C10H16N2OS/c1-13-9-5-3-8(4-6-9)10(12-11)7-14-2/h3-6,10,12H,7,11H2,1-2H3. The fraction of sp³-hybridized carbons (Fsp3) is 0.400. The van der Waals surface area contributed by atoms with Gasteiger partial charge in [-0.15, -0.1) is 0 Å². The molecule has 0 radical (unpaired) electrons. The highest BCUT2D eigenvalue weighted by atomic mass is 32.2. The van der Waals surface area contributed by atoms with Crippen LogP contribution >= 0.6 is 11.8 Å². The van der Waals surface area contributed by atoms with E-state index in [0.29, 0.717) is 0 Å². The van der Waals surface area contributed by atoms with Crippen molar-refractivity contribution in [3.05, 3.63) is 29.8 Å². The smallest absolute Gasteiger partial charge is 0.118 e. The second kappa shape index (κ2) is 5.90. The fourth-order valence-electron chi connectivity index (χ4n) is 1.24. The number of hydrogen-bond donors (Lipinski definition) is 2. The van der Waals surface area contributed by atoms with Crippen LogP contribution in [0.3, 0.4) is 0 Å². The van der Waals surface area contributed by atoms with E-state index in [1.54, 1.807) is 18.9 Å². The van der Waals surface area contributed by atoms with E-state index in [1.807, 2.05) is 24.3 Å². The van der Waals surface area contributed by atoms with Crippen LogP contribution in [0.25, 0.3) is 0 Å². The van der Waals surface area contributed by atoms with Crippen LogP contribution in [0.5, 0.6) is 5.75 Å². The summed E-state index contributed by atoms with van der Waals surface area (Å²) in [5, 5.41) is 0. The number of nitrogens with one attached hydrogen (secondary N) is 1. The van der Waals surface area contributed by atoms with E-state index in [1.165, 1.54) is 5.56 Å². The van der Waals surface area contributed by atoms with Crippen molar-refractivity contribution >= 4 is 11.8 Å². The Morgan fingerprint density at radius 3 is 2.50 bits per heavy atom. The maximum Gasteiger partial charge on any atom is 0.118 e. The Bertz CT molecular complexity index is 263. The Morgan fingerprint density at radius 1 is 1.43 bits per heavy atom. The average molecular weight is 212 g/mol. The lowest BCUT2D eigenvalue weighted by Gasteiger charge is -2.15. The van der Waals surface area contributed by atoms with Crippen molar-refractivity contribution in [3.63, 3.8) is 0 Å². The summed E-state index contributed by atoms with van der Waals surface area (Å²) in [5.41, 5.74) is 3.98. The third kappa shape index (κ3) is 2.90. The number of rotatable bonds is 5. The van der Waals surface area contributed by atoms with Gasteiger partial charge >= 0.3 is 0 Å². The summed E-state index contributed by atoms with van der Waals surface area (Å²) in [6, 6.07) is 8.15. The molecule has 0 heterocycles. The molecule has 1 aromatic carbocycles. The molecule has 0 aliphatic heterocycles. The molecule has 0 aromatic heterocycles. The zero-order chi connectivity index (χ0) is 10.4. The van der Waals surface area contributed by atoms with Gasteiger partial charge in [0.1, 0.15) is 5.75 Å². The summed E-state index contributed by atoms with van der Waals surface area (Å²) in [6.45, 7) is 0. The van der Waals surface area contributed by atoms with Crippen molar-refractivity contribution in [1.29, 1.82) is 0 Å². The number of ether oxygens (including phenoxy) is 1. The van der Waals surface area contributed by atoms with Gasteiger partial charge in [0.15, 0.2) is 0 Å². The molecule has 0 amide bonds. The fourth-order valence-corrected chi connectivity index (χ4v) is 1.87. The van der Waals surface area contributed by atoms with Gasteiger partial charge < -0.3 is 4.74 Å². The highest BCUT2D eigenvalue weighted by molar-refractivity contribution is 7.98. The molecule has 0 fully saturated rings. The zero-order valence-corrected chi connectivity index (χ0v) is 9.30. The molecular formula is C10H16N2OS. The Balaban J connectivity index is 2.73. The first-order chi connectivity index (χ1) is 6.81. The van der Waals surface area contributed by atoms with Crippen molar-refractivity contribution in [1.82, 2.24) is 5.43 Å². The first-order valence-electron chi connectivity index (χ1n) is 4.40. The van der Waals surface area contributed by atoms with Gasteiger partial charge in [-0.2, -0.15) is 11.8 Å². The van der Waals surface area contributed by atoms with Crippen LogP contribution in [0.2, 0.25) is 0 Å². The molecule has 3 nitrogen and oxygen atoms in total. The zero-order valence-electron chi connectivity index (χ0n) is 8.49. The van der Waals surface area contributed by atoms with Crippen molar-refractivity contribution in [2.75, 3.05) is 19.1 Å². The van der Waals surface area contributed by atoms with Gasteiger partial charge in [-0.25, -0.2) is 0 Å². The van der Waals surface area contributed by atoms with E-state index in [4.69, 9.17) is 10.6 Å². The minimum Gasteiger partial charge on any atom is -0.497 e. The first-order valence-corrected chi connectivity index (χ1v) is 5.80. The Hall–Kier alpha value is -0.710. The largest absolute Gasteiger partial charge is 0.497 e. The molecule has 1 aromatic rings. The van der Waals surface area contributed by atoms with Crippen molar-refractivity contribution in [3.8, 4) is 5.75 Å². The Kier molecular flexibility index (Phi) is 4.79. The number of methoxy groups -OCH3 is 1. The number of thioether (sulfide) groups is 1. The van der Waals surface area contributed by atoms with E-state index in [0.717, 1.165) is 11.5 Å². The monoisotopic (exact) mass is 212 g/mol. The molecule has 0 bridgehead atoms. The second-order valence-corrected chi connectivity index (χ2v) is 3.86. The average Bonchev–Trinajstić information content (AvgIpc) is 2.26. The molecule has 0 spiro atoms. The van der Waals surface area contributed by atoms with Crippen molar-refractivity contribution in [2.24, 2.45) is 5.84 Å². The van der Waals surface area contributed by atoms with E-state index in [2.05, 4.69) is 11.7 Å². The van der Waals surface area contributed by atoms with Gasteiger partial charge in [-0.1, -0.05) is 12.1 Å². The molecule has 1 rings (SSSR count). The highest BCUT2D eigenvalue weighted by Crippen LogP contribution is 2.19. The molecule has 0 saturated heterocycles. The van der Waals surface area contributed by atoms with Crippen LogP contribution in [0.15, 0.2) is 24.3 Å². The highest BCUT2D eigenvalue weighted by Gasteiger charge is 2.07. The topological polar surface area (TPSA) is 47.3 Å². The van der Waals surface area contributed by atoms with Gasteiger partial charge in [-0.05, 0) is 24.0 Å². The van der Waals surface area contributed by atoms with E-state index in [9.17, 15) is 0 Å². The summed E-state index contributed by atoms with van der Waals surface area (Å²) >= 11 is 1.77. The van der Waals surface area contributed by atoms with Gasteiger partial charge in [-0.3, -0.25) is 11.3 Å². The molecular weight excluding hydrogens is 196 g/mol. The first kappa shape index (κ1) is 11.4. The lowest BCUT2D eigenvalue weighted by atomic mass is 10.1. The number of benzene rings is 1. The van der Waals surface area contributed by atoms with Gasteiger partial charge in [0.2, 0.25) is 0 Å². The minimum absolute atomic E-state index is 0.205. The molecule has 14 heavy (non-hydrogen) atoms. The molecule has 0 aliphatic carbocycles. The third-order valence-electron chi connectivity index (χ3n) is 2.05. The van der Waals surface area contributed by atoms with Crippen LogP contribution < -0.4 is 16.0 Å². The predicted molar refractivity (Wildman–Crippen MR) is 61.4 cm³/mol. The quantitative estimate of drug-likeness (QED) is 0.574. The van der Waals surface area contributed by atoms with Gasteiger partial charge in [0.05, 0.1) is 13.2 Å². The minimum atomic E-state index is 0.205. The molecule has 0 aliphatic rings. The summed E-state index contributed by atoms with van der Waals surface area (Å²) in [6.07, 6.45) is 2.06.